The first kappa shape index (κ1) is 26.4. The second-order valence-corrected chi connectivity index (χ2v) is 10.3. The molecule has 2 N–H and O–H groups in total. The zero-order valence-electron chi connectivity index (χ0n) is 23.5. The molecule has 12 heteroatoms. The van der Waals surface area contributed by atoms with Crippen LogP contribution in [0.1, 0.15) is 17.7 Å². The summed E-state index contributed by atoms with van der Waals surface area (Å²) in [7, 11) is 3.71. The molecule has 12 nitrogen and oxygen atoms in total. The standard InChI is InChI=1S/C29H32N10O2/c1-18-13-32-29(34-24-12-19(2)38(4)36-24)35-27(18)22-14-31-28-21(22)6-5-7-23(28)37(3)26(40)16-39-11-9-20(15-39)41-25-8-10-30-17-33-25/h5-8,10,12-14,17,20,31H,9,11,15-16H2,1-4H3,(H,32,34,35,36). The maximum atomic E-state index is 13.4. The lowest BCUT2D eigenvalue weighted by Gasteiger charge is -2.22. The van der Waals surface area contributed by atoms with Crippen LogP contribution in [0.3, 0.4) is 0 Å². The number of benzene rings is 1. The minimum atomic E-state index is -0.00502. The average Bonchev–Trinajstić information content (AvgIpc) is 3.68. The third kappa shape index (κ3) is 5.46. The fourth-order valence-electron chi connectivity index (χ4n) is 5.11. The summed E-state index contributed by atoms with van der Waals surface area (Å²) in [5.74, 6) is 1.71. The van der Waals surface area contributed by atoms with Crippen molar-refractivity contribution in [3.05, 3.63) is 66.5 Å². The topological polar surface area (TPSA) is 130 Å². The van der Waals surface area contributed by atoms with Gasteiger partial charge in [-0.2, -0.15) is 5.10 Å². The highest BCUT2D eigenvalue weighted by Crippen LogP contribution is 2.34. The van der Waals surface area contributed by atoms with Crippen molar-refractivity contribution in [2.24, 2.45) is 7.05 Å². The van der Waals surface area contributed by atoms with E-state index in [9.17, 15) is 4.79 Å². The zero-order chi connectivity index (χ0) is 28.5. The van der Waals surface area contributed by atoms with Crippen molar-refractivity contribution in [1.29, 1.82) is 0 Å². The van der Waals surface area contributed by atoms with Crippen molar-refractivity contribution >= 4 is 34.3 Å². The van der Waals surface area contributed by atoms with E-state index in [0.717, 1.165) is 52.1 Å². The number of aryl methyl sites for hydroxylation is 3. The number of aromatic amines is 1. The molecule has 1 atom stereocenters. The van der Waals surface area contributed by atoms with Gasteiger partial charge in [0.25, 0.3) is 0 Å². The molecule has 41 heavy (non-hydrogen) atoms. The number of carbonyl (C=O) groups excluding carboxylic acids is 1. The Morgan fingerprint density at radius 3 is 2.90 bits per heavy atom. The van der Waals surface area contributed by atoms with E-state index in [1.54, 1.807) is 28.0 Å². The molecule has 0 aliphatic carbocycles. The number of likely N-dealkylation sites (tertiary alicyclic amines) is 1. The summed E-state index contributed by atoms with van der Waals surface area (Å²) >= 11 is 0. The number of nitrogens with one attached hydrogen (secondary N) is 2. The van der Waals surface area contributed by atoms with Gasteiger partial charge in [-0.3, -0.25) is 14.4 Å². The van der Waals surface area contributed by atoms with Gasteiger partial charge in [-0.15, -0.1) is 0 Å². The van der Waals surface area contributed by atoms with Crippen LogP contribution in [-0.2, 0) is 11.8 Å². The van der Waals surface area contributed by atoms with Gasteiger partial charge in [-0.25, -0.2) is 19.9 Å². The van der Waals surface area contributed by atoms with Crippen LogP contribution in [0.25, 0.3) is 22.2 Å². The molecule has 0 spiro atoms. The summed E-state index contributed by atoms with van der Waals surface area (Å²) in [6.07, 6.45) is 7.70. The lowest BCUT2D eigenvalue weighted by Crippen LogP contribution is -2.38. The number of amides is 1. The minimum absolute atomic E-state index is 0.00502. The summed E-state index contributed by atoms with van der Waals surface area (Å²) in [5, 5.41) is 8.62. The number of aromatic nitrogens is 7. The van der Waals surface area contributed by atoms with Crippen molar-refractivity contribution in [1.82, 2.24) is 39.6 Å². The van der Waals surface area contributed by atoms with Crippen molar-refractivity contribution < 1.29 is 9.53 Å². The smallest absolute Gasteiger partial charge is 0.240 e. The van der Waals surface area contributed by atoms with Crippen LogP contribution in [0, 0.1) is 13.8 Å². The monoisotopic (exact) mass is 552 g/mol. The van der Waals surface area contributed by atoms with E-state index in [4.69, 9.17) is 9.72 Å². The van der Waals surface area contributed by atoms with Gasteiger partial charge < -0.3 is 19.9 Å². The molecule has 1 aromatic carbocycles. The first-order chi connectivity index (χ1) is 19.9. The molecule has 4 aromatic heterocycles. The third-order valence-corrected chi connectivity index (χ3v) is 7.44. The van der Waals surface area contributed by atoms with E-state index in [-0.39, 0.29) is 12.0 Å². The molecule has 1 unspecified atom stereocenters. The fourth-order valence-corrected chi connectivity index (χ4v) is 5.11. The van der Waals surface area contributed by atoms with Gasteiger partial charge >= 0.3 is 0 Å². The summed E-state index contributed by atoms with van der Waals surface area (Å²) < 4.78 is 7.75. The van der Waals surface area contributed by atoms with Crippen LogP contribution in [0.5, 0.6) is 5.88 Å². The number of ether oxygens (including phenoxy) is 1. The largest absolute Gasteiger partial charge is 0.473 e. The summed E-state index contributed by atoms with van der Waals surface area (Å²) in [4.78, 5) is 37.9. The van der Waals surface area contributed by atoms with Crippen molar-refractivity contribution in [3.63, 3.8) is 0 Å². The number of anilines is 3. The van der Waals surface area contributed by atoms with E-state index >= 15 is 0 Å². The van der Waals surface area contributed by atoms with E-state index < -0.39 is 0 Å². The van der Waals surface area contributed by atoms with E-state index in [1.165, 1.54) is 6.33 Å². The number of nitrogens with zero attached hydrogens (tertiary/aromatic N) is 8. The molecule has 1 aliphatic heterocycles. The Hall–Kier alpha value is -4.84. The van der Waals surface area contributed by atoms with Gasteiger partial charge in [0, 0.05) is 74.6 Å². The lowest BCUT2D eigenvalue weighted by molar-refractivity contribution is -0.119. The van der Waals surface area contributed by atoms with E-state index in [0.29, 0.717) is 30.7 Å². The van der Waals surface area contributed by atoms with Gasteiger partial charge in [-0.05, 0) is 31.9 Å². The lowest BCUT2D eigenvalue weighted by atomic mass is 10.1. The van der Waals surface area contributed by atoms with Crippen LogP contribution in [0.4, 0.5) is 17.5 Å². The van der Waals surface area contributed by atoms with Crippen LogP contribution >= 0.6 is 0 Å². The van der Waals surface area contributed by atoms with Crippen LogP contribution < -0.4 is 15.0 Å². The number of carbonyl (C=O) groups is 1. The molecule has 1 fully saturated rings. The molecule has 0 saturated carbocycles. The Labute approximate surface area is 237 Å². The predicted octanol–water partition coefficient (Wildman–Crippen LogP) is 3.62. The molecule has 210 valence electrons. The summed E-state index contributed by atoms with van der Waals surface area (Å²) in [5.41, 5.74) is 5.39. The van der Waals surface area contributed by atoms with Gasteiger partial charge in [0.15, 0.2) is 5.82 Å². The molecule has 0 radical (unpaired) electrons. The van der Waals surface area contributed by atoms with E-state index in [2.05, 4.69) is 35.3 Å². The zero-order valence-corrected chi connectivity index (χ0v) is 23.5. The van der Waals surface area contributed by atoms with Crippen LogP contribution in [-0.4, -0.2) is 78.3 Å². The number of para-hydroxylation sites is 1. The normalized spacial score (nSPS) is 15.4. The fraction of sp³-hybridized carbons (Fsp3) is 0.310. The molecule has 0 bridgehead atoms. The second-order valence-electron chi connectivity index (χ2n) is 10.3. The Morgan fingerprint density at radius 1 is 1.24 bits per heavy atom. The van der Waals surface area contributed by atoms with Crippen LogP contribution in [0.15, 0.2) is 55.2 Å². The summed E-state index contributed by atoms with van der Waals surface area (Å²) in [6.45, 7) is 5.73. The Bertz CT molecular complexity index is 1680. The second kappa shape index (κ2) is 11.0. The predicted molar refractivity (Wildman–Crippen MR) is 156 cm³/mol. The number of hydrogen-bond acceptors (Lipinski definition) is 9. The first-order valence-electron chi connectivity index (χ1n) is 13.5. The molecule has 1 saturated heterocycles. The number of rotatable bonds is 8. The molecule has 5 heterocycles. The Kier molecular flexibility index (Phi) is 7.06. The molecule has 5 aromatic rings. The quantitative estimate of drug-likeness (QED) is 0.296. The number of fused-ring (bicyclic) bond motifs is 1. The molecular weight excluding hydrogens is 520 g/mol. The van der Waals surface area contributed by atoms with Crippen molar-refractivity contribution in [3.8, 4) is 17.1 Å². The highest BCUT2D eigenvalue weighted by Gasteiger charge is 2.27. The highest BCUT2D eigenvalue weighted by atomic mass is 16.5. The Morgan fingerprint density at radius 2 is 2.12 bits per heavy atom. The molecule has 1 amide bonds. The first-order valence-corrected chi connectivity index (χ1v) is 13.5. The average molecular weight is 553 g/mol. The van der Waals surface area contributed by atoms with Gasteiger partial charge in [0.1, 0.15) is 12.4 Å². The van der Waals surface area contributed by atoms with Gasteiger partial charge in [-0.1, -0.05) is 12.1 Å². The van der Waals surface area contributed by atoms with Gasteiger partial charge in [0.05, 0.1) is 23.4 Å². The maximum Gasteiger partial charge on any atom is 0.240 e. The minimum Gasteiger partial charge on any atom is -0.473 e. The van der Waals surface area contributed by atoms with Crippen LogP contribution in [0.2, 0.25) is 0 Å². The van der Waals surface area contributed by atoms with E-state index in [1.807, 2.05) is 58.4 Å². The highest BCUT2D eigenvalue weighted by molar-refractivity contribution is 6.07. The SMILES string of the molecule is Cc1cnc(Nc2cc(C)n(C)n2)nc1-c1c[nH]c2c(N(C)C(=O)CN3CCC(Oc4ccncn4)C3)cccc12. The van der Waals surface area contributed by atoms with Crippen molar-refractivity contribution in [2.45, 2.75) is 26.4 Å². The number of H-pyrrole nitrogens is 1. The van der Waals surface area contributed by atoms with Crippen molar-refractivity contribution in [2.75, 3.05) is 36.9 Å². The number of likely N-dealkylation sites (N-methyl/N-ethyl adjacent to an activating group) is 1. The molecule has 1 aliphatic rings. The van der Waals surface area contributed by atoms with Gasteiger partial charge in [0.2, 0.25) is 17.7 Å². The summed E-state index contributed by atoms with van der Waals surface area (Å²) in [6, 6.07) is 9.65. The maximum absolute atomic E-state index is 13.4. The molecule has 6 rings (SSSR count). The Balaban J connectivity index is 1.18. The third-order valence-electron chi connectivity index (χ3n) is 7.44. The molecular formula is C29H32N10O2. The number of hydrogen-bond donors (Lipinski definition) is 2.